The van der Waals surface area contributed by atoms with E-state index >= 15 is 0 Å². The summed E-state index contributed by atoms with van der Waals surface area (Å²) in [5.41, 5.74) is 8.80. The van der Waals surface area contributed by atoms with Crippen molar-refractivity contribution in [3.8, 4) is 22.4 Å². The van der Waals surface area contributed by atoms with Crippen LogP contribution in [0.5, 0.6) is 0 Å². The van der Waals surface area contributed by atoms with E-state index in [0.29, 0.717) is 11.4 Å². The Kier molecular flexibility index (Phi) is 5.89. The first-order chi connectivity index (χ1) is 15.1. The Balaban J connectivity index is 1.39. The monoisotopic (exact) mass is 409 g/mol. The lowest BCUT2D eigenvalue weighted by molar-refractivity contribution is 0.0950. The molecule has 4 rings (SSSR count). The molecule has 4 aromatic rings. The summed E-state index contributed by atoms with van der Waals surface area (Å²) >= 11 is 0. The molecule has 0 aliphatic heterocycles. The van der Waals surface area contributed by atoms with Crippen LogP contribution in [0.25, 0.3) is 22.4 Å². The van der Waals surface area contributed by atoms with Crippen LogP contribution in [0.3, 0.4) is 0 Å². The molecule has 1 heterocycles. The molecule has 1 amide bonds. The van der Waals surface area contributed by atoms with Gasteiger partial charge in [-0.15, -0.1) is 0 Å². The fourth-order valence-corrected chi connectivity index (χ4v) is 3.13. The Labute approximate surface area is 181 Å². The molecule has 154 valence electrons. The van der Waals surface area contributed by atoms with E-state index in [2.05, 4.69) is 32.9 Å². The number of H-pyrrole nitrogens is 1. The van der Waals surface area contributed by atoms with E-state index in [9.17, 15) is 4.79 Å². The summed E-state index contributed by atoms with van der Waals surface area (Å²) in [6.45, 7) is 0. The van der Waals surface area contributed by atoms with Gasteiger partial charge in [-0.05, 0) is 34.9 Å². The van der Waals surface area contributed by atoms with Gasteiger partial charge in [0.25, 0.3) is 5.91 Å². The Bertz CT molecular complexity index is 1180. The summed E-state index contributed by atoms with van der Waals surface area (Å²) in [4.78, 5) is 14.4. The zero-order chi connectivity index (χ0) is 21.6. The standard InChI is InChI=1S/C25H23N5O/c1-30(2)22-14-8-18(9-15-22)17-26-29-25(31)24-16-23(27-28-24)21-12-10-20(11-13-21)19-6-4-3-5-7-19/h3-17H,1-2H3,(H,27,28)(H,29,31)/b26-17-. The van der Waals surface area contributed by atoms with Crippen LogP contribution in [0.4, 0.5) is 5.69 Å². The van der Waals surface area contributed by atoms with E-state index < -0.39 is 0 Å². The van der Waals surface area contributed by atoms with Crippen molar-refractivity contribution in [2.24, 2.45) is 5.10 Å². The molecule has 0 bridgehead atoms. The smallest absolute Gasteiger partial charge is 0.289 e. The number of carbonyl (C=O) groups excluding carboxylic acids is 1. The summed E-state index contributed by atoms with van der Waals surface area (Å²) in [6, 6.07) is 27.9. The Morgan fingerprint density at radius 2 is 1.55 bits per heavy atom. The van der Waals surface area contributed by atoms with Gasteiger partial charge in [-0.3, -0.25) is 9.89 Å². The molecule has 0 aliphatic rings. The lowest BCUT2D eigenvalue weighted by atomic mass is 10.0. The van der Waals surface area contributed by atoms with Gasteiger partial charge in [0.2, 0.25) is 0 Å². The van der Waals surface area contributed by atoms with Crippen molar-refractivity contribution in [3.05, 3.63) is 96.2 Å². The quantitative estimate of drug-likeness (QED) is 0.362. The molecule has 0 spiro atoms. The third kappa shape index (κ3) is 4.87. The van der Waals surface area contributed by atoms with Gasteiger partial charge < -0.3 is 4.90 Å². The van der Waals surface area contributed by atoms with Crippen molar-refractivity contribution < 1.29 is 4.79 Å². The molecule has 0 aliphatic carbocycles. The van der Waals surface area contributed by atoms with Gasteiger partial charge in [-0.1, -0.05) is 66.7 Å². The highest BCUT2D eigenvalue weighted by molar-refractivity contribution is 5.94. The van der Waals surface area contributed by atoms with Gasteiger partial charge >= 0.3 is 0 Å². The third-order valence-corrected chi connectivity index (χ3v) is 4.90. The van der Waals surface area contributed by atoms with E-state index in [0.717, 1.165) is 27.9 Å². The minimum atomic E-state index is -0.346. The topological polar surface area (TPSA) is 73.4 Å². The molecule has 3 aromatic carbocycles. The van der Waals surface area contributed by atoms with Crippen LogP contribution in [0.2, 0.25) is 0 Å². The predicted molar refractivity (Wildman–Crippen MR) is 125 cm³/mol. The van der Waals surface area contributed by atoms with Gasteiger partial charge in [0.1, 0.15) is 5.69 Å². The maximum atomic E-state index is 12.4. The van der Waals surface area contributed by atoms with E-state index in [4.69, 9.17) is 0 Å². The Morgan fingerprint density at radius 3 is 2.23 bits per heavy atom. The first-order valence-electron chi connectivity index (χ1n) is 9.92. The summed E-state index contributed by atoms with van der Waals surface area (Å²) in [5, 5.41) is 11.1. The number of hydrogen-bond donors (Lipinski definition) is 2. The molecule has 0 radical (unpaired) electrons. The largest absolute Gasteiger partial charge is 0.378 e. The average Bonchev–Trinajstić information content (AvgIpc) is 3.31. The minimum absolute atomic E-state index is 0.346. The SMILES string of the molecule is CN(C)c1ccc(/C=N\NC(=O)c2cc(-c3ccc(-c4ccccc4)cc3)n[nH]2)cc1. The lowest BCUT2D eigenvalue weighted by Gasteiger charge is -2.11. The normalized spacial score (nSPS) is 10.9. The molecule has 6 nitrogen and oxygen atoms in total. The molecule has 2 N–H and O–H groups in total. The summed E-state index contributed by atoms with van der Waals surface area (Å²) in [6.07, 6.45) is 1.61. The number of carbonyl (C=O) groups is 1. The number of rotatable bonds is 6. The summed E-state index contributed by atoms with van der Waals surface area (Å²) in [5.74, 6) is -0.346. The fraction of sp³-hybridized carbons (Fsp3) is 0.0800. The molecule has 0 fully saturated rings. The van der Waals surface area contributed by atoms with Gasteiger partial charge in [0.15, 0.2) is 0 Å². The number of hydrazone groups is 1. The molecular formula is C25H23N5O. The maximum absolute atomic E-state index is 12.4. The van der Waals surface area contributed by atoms with Crippen LogP contribution in [0, 0.1) is 0 Å². The first kappa shape index (κ1) is 20.1. The minimum Gasteiger partial charge on any atom is -0.378 e. The molecule has 0 saturated heterocycles. The fourth-order valence-electron chi connectivity index (χ4n) is 3.13. The number of aromatic amines is 1. The van der Waals surface area contributed by atoms with E-state index in [1.807, 2.05) is 85.7 Å². The van der Waals surface area contributed by atoms with Crippen LogP contribution < -0.4 is 10.3 Å². The Morgan fingerprint density at radius 1 is 0.903 bits per heavy atom. The highest BCUT2D eigenvalue weighted by Crippen LogP contribution is 2.24. The van der Waals surface area contributed by atoms with Crippen molar-refractivity contribution >= 4 is 17.8 Å². The third-order valence-electron chi connectivity index (χ3n) is 4.90. The highest BCUT2D eigenvalue weighted by Gasteiger charge is 2.10. The maximum Gasteiger partial charge on any atom is 0.289 e. The molecule has 31 heavy (non-hydrogen) atoms. The van der Waals surface area contributed by atoms with Crippen molar-refractivity contribution in [2.45, 2.75) is 0 Å². The second kappa shape index (κ2) is 9.09. The van der Waals surface area contributed by atoms with Gasteiger partial charge in [0, 0.05) is 25.3 Å². The lowest BCUT2D eigenvalue weighted by Crippen LogP contribution is -2.18. The number of aromatic nitrogens is 2. The van der Waals surface area contributed by atoms with Crippen LogP contribution in [0.15, 0.2) is 90.0 Å². The van der Waals surface area contributed by atoms with Crippen LogP contribution in [-0.2, 0) is 0 Å². The van der Waals surface area contributed by atoms with Crippen molar-refractivity contribution in [2.75, 3.05) is 19.0 Å². The highest BCUT2D eigenvalue weighted by atomic mass is 16.2. The number of nitrogens with zero attached hydrogens (tertiary/aromatic N) is 3. The van der Waals surface area contributed by atoms with Gasteiger partial charge in [-0.2, -0.15) is 10.2 Å². The number of benzene rings is 3. The predicted octanol–water partition coefficient (Wildman–Crippen LogP) is 4.57. The second-order valence-electron chi connectivity index (χ2n) is 7.30. The van der Waals surface area contributed by atoms with E-state index in [-0.39, 0.29) is 5.91 Å². The summed E-state index contributed by atoms with van der Waals surface area (Å²) in [7, 11) is 3.97. The van der Waals surface area contributed by atoms with Crippen LogP contribution >= 0.6 is 0 Å². The zero-order valence-electron chi connectivity index (χ0n) is 17.4. The molecule has 0 saturated carbocycles. The molecule has 0 atom stereocenters. The van der Waals surface area contributed by atoms with Crippen molar-refractivity contribution in [1.29, 1.82) is 0 Å². The zero-order valence-corrected chi connectivity index (χ0v) is 17.4. The van der Waals surface area contributed by atoms with Crippen molar-refractivity contribution in [3.63, 3.8) is 0 Å². The van der Waals surface area contributed by atoms with Gasteiger partial charge in [-0.25, -0.2) is 5.43 Å². The number of nitrogens with one attached hydrogen (secondary N) is 2. The average molecular weight is 409 g/mol. The number of hydrogen-bond acceptors (Lipinski definition) is 4. The molecular weight excluding hydrogens is 386 g/mol. The molecule has 0 unspecified atom stereocenters. The second-order valence-corrected chi connectivity index (χ2v) is 7.30. The summed E-state index contributed by atoms with van der Waals surface area (Å²) < 4.78 is 0. The van der Waals surface area contributed by atoms with Crippen molar-refractivity contribution in [1.82, 2.24) is 15.6 Å². The number of anilines is 1. The number of amides is 1. The van der Waals surface area contributed by atoms with Crippen LogP contribution in [-0.4, -0.2) is 36.4 Å². The van der Waals surface area contributed by atoms with Crippen LogP contribution in [0.1, 0.15) is 16.1 Å². The molecule has 1 aromatic heterocycles. The Hall–Kier alpha value is -4.19. The first-order valence-corrected chi connectivity index (χ1v) is 9.92. The van der Waals surface area contributed by atoms with E-state index in [1.54, 1.807) is 12.3 Å². The van der Waals surface area contributed by atoms with Gasteiger partial charge in [0.05, 0.1) is 11.9 Å². The van der Waals surface area contributed by atoms with E-state index in [1.165, 1.54) is 0 Å². The molecule has 6 heteroatoms.